The van der Waals surface area contributed by atoms with E-state index in [-0.39, 0.29) is 17.8 Å². The molecule has 0 spiro atoms. The van der Waals surface area contributed by atoms with Crippen LogP contribution in [0.1, 0.15) is 24.1 Å². The van der Waals surface area contributed by atoms with Gasteiger partial charge in [-0.3, -0.25) is 10.1 Å². The fraction of sp³-hybridized carbons (Fsp3) is 0.136. The molecule has 0 aromatic heterocycles. The van der Waals surface area contributed by atoms with Gasteiger partial charge in [0, 0.05) is 5.69 Å². The molecule has 3 aromatic carbocycles. The molecular weight excluding hydrogens is 327 g/mol. The number of amides is 1. The van der Waals surface area contributed by atoms with Crippen molar-refractivity contribution in [3.63, 3.8) is 0 Å². The van der Waals surface area contributed by atoms with Crippen LogP contribution in [0.25, 0.3) is 0 Å². The molecule has 0 saturated carbocycles. The van der Waals surface area contributed by atoms with Gasteiger partial charge >= 0.3 is 0 Å². The van der Waals surface area contributed by atoms with Crippen molar-refractivity contribution < 1.29 is 9.18 Å². The summed E-state index contributed by atoms with van der Waals surface area (Å²) in [5, 5.41) is 6.13. The second-order valence-corrected chi connectivity index (χ2v) is 6.14. The lowest BCUT2D eigenvalue weighted by atomic mass is 9.98. The van der Waals surface area contributed by atoms with Gasteiger partial charge in [0.15, 0.2) is 0 Å². The van der Waals surface area contributed by atoms with Gasteiger partial charge in [0.2, 0.25) is 5.91 Å². The maximum Gasteiger partial charge on any atom is 0.241 e. The molecule has 1 atom stereocenters. The third-order valence-corrected chi connectivity index (χ3v) is 4.17. The van der Waals surface area contributed by atoms with E-state index in [1.54, 1.807) is 19.1 Å². The maximum absolute atomic E-state index is 13.3. The lowest BCUT2D eigenvalue weighted by Crippen LogP contribution is -2.40. The molecule has 3 nitrogen and oxygen atoms in total. The highest BCUT2D eigenvalue weighted by Gasteiger charge is 2.20. The molecule has 4 heteroatoms. The Balaban J connectivity index is 1.77. The van der Waals surface area contributed by atoms with E-state index < -0.39 is 6.04 Å². The lowest BCUT2D eigenvalue weighted by Gasteiger charge is -2.24. The van der Waals surface area contributed by atoms with Crippen molar-refractivity contribution in [2.45, 2.75) is 19.0 Å². The van der Waals surface area contributed by atoms with Gasteiger partial charge in [-0.05, 0) is 36.2 Å². The van der Waals surface area contributed by atoms with Crippen molar-refractivity contribution in [1.29, 1.82) is 0 Å². The number of anilines is 1. The summed E-state index contributed by atoms with van der Waals surface area (Å²) in [6.07, 6.45) is 0. The number of nitrogens with one attached hydrogen (secondary N) is 2. The number of carbonyl (C=O) groups is 1. The molecule has 26 heavy (non-hydrogen) atoms. The zero-order valence-corrected chi connectivity index (χ0v) is 14.5. The van der Waals surface area contributed by atoms with Crippen LogP contribution in [0.3, 0.4) is 0 Å². The Morgan fingerprint density at radius 1 is 0.846 bits per heavy atom. The maximum atomic E-state index is 13.3. The van der Waals surface area contributed by atoms with Crippen LogP contribution >= 0.6 is 0 Å². The number of halogens is 1. The summed E-state index contributed by atoms with van der Waals surface area (Å²) in [6, 6.07) is 25.2. The van der Waals surface area contributed by atoms with Crippen LogP contribution in [0.4, 0.5) is 10.1 Å². The van der Waals surface area contributed by atoms with Crippen molar-refractivity contribution in [1.82, 2.24) is 5.32 Å². The largest absolute Gasteiger partial charge is 0.325 e. The fourth-order valence-electron chi connectivity index (χ4n) is 2.82. The number of hydrogen-bond donors (Lipinski definition) is 2. The van der Waals surface area contributed by atoms with Crippen LogP contribution in [0.5, 0.6) is 0 Å². The molecule has 0 aliphatic carbocycles. The van der Waals surface area contributed by atoms with Crippen LogP contribution in [0, 0.1) is 5.82 Å². The Morgan fingerprint density at radius 2 is 1.42 bits per heavy atom. The van der Waals surface area contributed by atoms with Crippen molar-refractivity contribution in [3.05, 3.63) is 102 Å². The predicted molar refractivity (Wildman–Crippen MR) is 102 cm³/mol. The van der Waals surface area contributed by atoms with E-state index in [2.05, 4.69) is 10.6 Å². The van der Waals surface area contributed by atoms with Gasteiger partial charge in [-0.15, -0.1) is 0 Å². The molecule has 0 radical (unpaired) electrons. The Morgan fingerprint density at radius 3 is 1.96 bits per heavy atom. The summed E-state index contributed by atoms with van der Waals surface area (Å²) >= 11 is 0. The first-order valence-corrected chi connectivity index (χ1v) is 8.56. The molecule has 0 saturated heterocycles. The number of rotatable bonds is 6. The summed E-state index contributed by atoms with van der Waals surface area (Å²) in [4.78, 5) is 12.5. The zero-order chi connectivity index (χ0) is 18.4. The minimum absolute atomic E-state index is 0.120. The summed E-state index contributed by atoms with van der Waals surface area (Å²) in [5.41, 5.74) is 2.59. The van der Waals surface area contributed by atoms with Crippen LogP contribution in [0.2, 0.25) is 0 Å². The van der Waals surface area contributed by atoms with E-state index >= 15 is 0 Å². The molecule has 0 heterocycles. The van der Waals surface area contributed by atoms with Crippen molar-refractivity contribution in [2.24, 2.45) is 0 Å². The molecule has 1 amide bonds. The van der Waals surface area contributed by atoms with Gasteiger partial charge in [0.25, 0.3) is 0 Å². The van der Waals surface area contributed by atoms with Crippen LogP contribution in [0.15, 0.2) is 84.9 Å². The fourth-order valence-corrected chi connectivity index (χ4v) is 2.82. The monoisotopic (exact) mass is 348 g/mol. The topological polar surface area (TPSA) is 41.1 Å². The normalized spacial score (nSPS) is 12.0. The molecule has 3 rings (SSSR count). The summed E-state index contributed by atoms with van der Waals surface area (Å²) in [5.74, 6) is -0.595. The van der Waals surface area contributed by atoms with Crippen LogP contribution in [-0.4, -0.2) is 11.9 Å². The molecule has 0 unspecified atom stereocenters. The highest BCUT2D eigenvalue weighted by molar-refractivity contribution is 5.94. The van der Waals surface area contributed by atoms with E-state index in [9.17, 15) is 9.18 Å². The average Bonchev–Trinajstić information content (AvgIpc) is 2.67. The van der Waals surface area contributed by atoms with E-state index in [0.717, 1.165) is 11.1 Å². The van der Waals surface area contributed by atoms with Crippen molar-refractivity contribution in [3.8, 4) is 0 Å². The van der Waals surface area contributed by atoms with E-state index in [0.29, 0.717) is 5.69 Å². The number of carbonyl (C=O) groups excluding carboxylic acids is 1. The molecule has 0 aliphatic rings. The highest BCUT2D eigenvalue weighted by atomic mass is 19.1. The van der Waals surface area contributed by atoms with E-state index in [1.807, 2.05) is 60.7 Å². The van der Waals surface area contributed by atoms with Gasteiger partial charge in [0.1, 0.15) is 5.82 Å². The molecule has 0 fully saturated rings. The quantitative estimate of drug-likeness (QED) is 0.687. The van der Waals surface area contributed by atoms with Crippen molar-refractivity contribution in [2.75, 3.05) is 5.32 Å². The van der Waals surface area contributed by atoms with E-state index in [1.165, 1.54) is 12.1 Å². The van der Waals surface area contributed by atoms with Crippen molar-refractivity contribution >= 4 is 11.6 Å². The minimum atomic E-state index is -0.469. The lowest BCUT2D eigenvalue weighted by molar-refractivity contribution is -0.117. The Kier molecular flexibility index (Phi) is 5.77. The zero-order valence-electron chi connectivity index (χ0n) is 14.5. The van der Waals surface area contributed by atoms with E-state index in [4.69, 9.17) is 0 Å². The Labute approximate surface area is 152 Å². The third kappa shape index (κ3) is 4.55. The Hall–Kier alpha value is -2.98. The number of benzene rings is 3. The minimum Gasteiger partial charge on any atom is -0.325 e. The van der Waals surface area contributed by atoms with Crippen LogP contribution in [-0.2, 0) is 4.79 Å². The van der Waals surface area contributed by atoms with Crippen LogP contribution < -0.4 is 10.6 Å². The van der Waals surface area contributed by atoms with Gasteiger partial charge in [0.05, 0.1) is 12.1 Å². The molecule has 2 N–H and O–H groups in total. The smallest absolute Gasteiger partial charge is 0.241 e. The number of hydrogen-bond acceptors (Lipinski definition) is 2. The molecule has 0 aliphatic heterocycles. The molecule has 132 valence electrons. The second kappa shape index (κ2) is 8.41. The SMILES string of the molecule is C[C@@H](NC(c1ccccc1)c1ccccc1)C(=O)Nc1cccc(F)c1. The average molecular weight is 348 g/mol. The first-order chi connectivity index (χ1) is 12.6. The predicted octanol–water partition coefficient (Wildman–Crippen LogP) is 4.53. The van der Waals surface area contributed by atoms with Gasteiger partial charge in [-0.25, -0.2) is 4.39 Å². The third-order valence-electron chi connectivity index (χ3n) is 4.17. The van der Waals surface area contributed by atoms with Gasteiger partial charge < -0.3 is 5.32 Å². The first kappa shape index (κ1) is 17.8. The standard InChI is InChI=1S/C22H21FN2O/c1-16(22(26)25-20-14-8-13-19(23)15-20)24-21(17-9-4-2-5-10-17)18-11-6-3-7-12-18/h2-16,21,24H,1H3,(H,25,26)/t16-/m1/s1. The molecular formula is C22H21FN2O. The summed E-state index contributed by atoms with van der Waals surface area (Å²) < 4.78 is 13.3. The molecule has 3 aromatic rings. The Bertz CT molecular complexity index is 813. The van der Waals surface area contributed by atoms with Gasteiger partial charge in [-0.1, -0.05) is 66.7 Å². The summed E-state index contributed by atoms with van der Waals surface area (Å²) in [6.45, 7) is 1.80. The second-order valence-electron chi connectivity index (χ2n) is 6.14. The highest BCUT2D eigenvalue weighted by Crippen LogP contribution is 2.22. The van der Waals surface area contributed by atoms with Gasteiger partial charge in [-0.2, -0.15) is 0 Å². The summed E-state index contributed by atoms with van der Waals surface area (Å²) in [7, 11) is 0. The molecule has 0 bridgehead atoms. The first-order valence-electron chi connectivity index (χ1n) is 8.56.